The van der Waals surface area contributed by atoms with Crippen molar-refractivity contribution in [2.24, 2.45) is 0 Å². The van der Waals surface area contributed by atoms with E-state index in [2.05, 4.69) is 29.7 Å². The lowest BCUT2D eigenvalue weighted by molar-refractivity contribution is -0.114. The van der Waals surface area contributed by atoms with Gasteiger partial charge >= 0.3 is 0 Å². The number of carbonyl (C=O) groups is 1. The van der Waals surface area contributed by atoms with Gasteiger partial charge in [-0.15, -0.1) is 11.3 Å². The smallest absolute Gasteiger partial charge is 0.221 e. The van der Waals surface area contributed by atoms with Crippen molar-refractivity contribution in [1.82, 2.24) is 5.32 Å². The molecule has 0 aliphatic rings. The van der Waals surface area contributed by atoms with Crippen molar-refractivity contribution >= 4 is 34.5 Å². The molecule has 0 spiro atoms. The molecule has 2 rings (SSSR count). The van der Waals surface area contributed by atoms with Gasteiger partial charge in [-0.25, -0.2) is 0 Å². The van der Waals surface area contributed by atoms with Gasteiger partial charge in [0.25, 0.3) is 0 Å². The monoisotopic (exact) mass is 322 g/mol. The van der Waals surface area contributed by atoms with Crippen LogP contribution in [0.4, 0.5) is 5.69 Å². The molecule has 3 nitrogen and oxygen atoms in total. The van der Waals surface area contributed by atoms with Gasteiger partial charge in [0.2, 0.25) is 5.91 Å². The molecule has 1 amide bonds. The quantitative estimate of drug-likeness (QED) is 0.834. The molecule has 2 N–H and O–H groups in total. The van der Waals surface area contributed by atoms with E-state index in [1.54, 1.807) is 11.3 Å². The average molecular weight is 323 g/mol. The van der Waals surface area contributed by atoms with Crippen molar-refractivity contribution in [1.29, 1.82) is 0 Å². The SMILES string of the molecule is CC(=O)Nc1cccc(C(C)NCCc2ccc(Cl)s2)c1. The number of hydrogen-bond acceptors (Lipinski definition) is 3. The predicted molar refractivity (Wildman–Crippen MR) is 90.2 cm³/mol. The zero-order valence-corrected chi connectivity index (χ0v) is 13.7. The van der Waals surface area contributed by atoms with Crippen molar-refractivity contribution in [2.75, 3.05) is 11.9 Å². The molecule has 0 saturated heterocycles. The van der Waals surface area contributed by atoms with E-state index in [9.17, 15) is 4.79 Å². The van der Waals surface area contributed by atoms with Crippen LogP contribution in [-0.4, -0.2) is 12.5 Å². The first-order valence-corrected chi connectivity index (χ1v) is 8.09. The van der Waals surface area contributed by atoms with Crippen LogP contribution < -0.4 is 10.6 Å². The maximum absolute atomic E-state index is 11.1. The fourth-order valence-corrected chi connectivity index (χ4v) is 3.19. The van der Waals surface area contributed by atoms with Gasteiger partial charge in [0, 0.05) is 30.1 Å². The Kier molecular flexibility index (Phi) is 5.79. The highest BCUT2D eigenvalue weighted by Gasteiger charge is 2.06. The Bertz CT molecular complexity index is 612. The summed E-state index contributed by atoms with van der Waals surface area (Å²) in [5.74, 6) is -0.0534. The van der Waals surface area contributed by atoms with Gasteiger partial charge in [-0.05, 0) is 43.2 Å². The lowest BCUT2D eigenvalue weighted by Crippen LogP contribution is -2.21. The van der Waals surface area contributed by atoms with Crippen LogP contribution in [0.3, 0.4) is 0 Å². The second-order valence-corrected chi connectivity index (χ2v) is 6.74. The van der Waals surface area contributed by atoms with Crippen LogP contribution in [0.1, 0.15) is 30.3 Å². The number of anilines is 1. The number of hydrogen-bond donors (Lipinski definition) is 2. The van der Waals surface area contributed by atoms with Gasteiger partial charge in [-0.2, -0.15) is 0 Å². The number of nitrogens with one attached hydrogen (secondary N) is 2. The Morgan fingerprint density at radius 2 is 2.14 bits per heavy atom. The van der Waals surface area contributed by atoms with Crippen molar-refractivity contribution in [3.63, 3.8) is 0 Å². The predicted octanol–water partition coefficient (Wildman–Crippen LogP) is 4.25. The summed E-state index contributed by atoms with van der Waals surface area (Å²) in [6, 6.07) is 12.1. The zero-order chi connectivity index (χ0) is 15.2. The van der Waals surface area contributed by atoms with E-state index in [0.717, 1.165) is 28.6 Å². The molecule has 1 aromatic carbocycles. The standard InChI is InChI=1S/C16H19ClN2OS/c1-11(18-9-8-15-6-7-16(17)21-15)13-4-3-5-14(10-13)19-12(2)20/h3-7,10-11,18H,8-9H2,1-2H3,(H,19,20). The molecule has 0 bridgehead atoms. The molecular weight excluding hydrogens is 304 g/mol. The second-order valence-electron chi connectivity index (χ2n) is 4.94. The molecule has 1 atom stereocenters. The molecule has 1 aromatic heterocycles. The Balaban J connectivity index is 1.87. The van der Waals surface area contributed by atoms with E-state index in [4.69, 9.17) is 11.6 Å². The summed E-state index contributed by atoms with van der Waals surface area (Å²) in [6.45, 7) is 4.52. The van der Waals surface area contributed by atoms with E-state index < -0.39 is 0 Å². The maximum Gasteiger partial charge on any atom is 0.221 e. The number of amides is 1. The van der Waals surface area contributed by atoms with Gasteiger partial charge in [0.1, 0.15) is 0 Å². The van der Waals surface area contributed by atoms with Crippen LogP contribution in [0, 0.1) is 0 Å². The molecule has 2 aromatic rings. The van der Waals surface area contributed by atoms with Crippen LogP contribution in [0.5, 0.6) is 0 Å². The first-order chi connectivity index (χ1) is 10.0. The molecule has 0 radical (unpaired) electrons. The minimum Gasteiger partial charge on any atom is -0.326 e. The number of halogens is 1. The highest BCUT2D eigenvalue weighted by molar-refractivity contribution is 7.16. The summed E-state index contributed by atoms with van der Waals surface area (Å²) in [7, 11) is 0. The summed E-state index contributed by atoms with van der Waals surface area (Å²) in [5, 5.41) is 6.29. The summed E-state index contributed by atoms with van der Waals surface area (Å²) in [5.41, 5.74) is 1.99. The summed E-state index contributed by atoms with van der Waals surface area (Å²) in [4.78, 5) is 12.4. The normalized spacial score (nSPS) is 12.1. The zero-order valence-electron chi connectivity index (χ0n) is 12.2. The summed E-state index contributed by atoms with van der Waals surface area (Å²) >= 11 is 7.54. The lowest BCUT2D eigenvalue weighted by atomic mass is 10.1. The van der Waals surface area contributed by atoms with Gasteiger partial charge in [0.15, 0.2) is 0 Å². The lowest BCUT2D eigenvalue weighted by Gasteiger charge is -2.15. The van der Waals surface area contributed by atoms with E-state index in [-0.39, 0.29) is 11.9 Å². The molecule has 0 fully saturated rings. The van der Waals surface area contributed by atoms with Crippen molar-refractivity contribution < 1.29 is 4.79 Å². The molecule has 0 saturated carbocycles. The highest BCUT2D eigenvalue weighted by Crippen LogP contribution is 2.22. The van der Waals surface area contributed by atoms with Crippen LogP contribution in [0.25, 0.3) is 0 Å². The van der Waals surface area contributed by atoms with Gasteiger partial charge in [-0.1, -0.05) is 23.7 Å². The van der Waals surface area contributed by atoms with Crippen molar-refractivity contribution in [3.8, 4) is 0 Å². The minimum atomic E-state index is -0.0534. The molecule has 5 heteroatoms. The third-order valence-electron chi connectivity index (χ3n) is 3.16. The largest absolute Gasteiger partial charge is 0.326 e. The molecular formula is C16H19ClN2OS. The Labute approximate surface area is 134 Å². The van der Waals surface area contributed by atoms with E-state index >= 15 is 0 Å². The molecule has 21 heavy (non-hydrogen) atoms. The third-order valence-corrected chi connectivity index (χ3v) is 4.45. The minimum absolute atomic E-state index is 0.0534. The highest BCUT2D eigenvalue weighted by atomic mass is 35.5. The van der Waals surface area contributed by atoms with Gasteiger partial charge in [0.05, 0.1) is 4.34 Å². The number of thiophene rings is 1. The first kappa shape index (κ1) is 16.0. The first-order valence-electron chi connectivity index (χ1n) is 6.90. The summed E-state index contributed by atoms with van der Waals surface area (Å²) < 4.78 is 0.834. The van der Waals surface area contributed by atoms with Crippen molar-refractivity contribution in [2.45, 2.75) is 26.3 Å². The Hall–Kier alpha value is -1.36. The molecule has 1 heterocycles. The molecule has 0 aliphatic heterocycles. The molecule has 1 unspecified atom stereocenters. The number of carbonyl (C=O) groups excluding carboxylic acids is 1. The number of rotatable bonds is 6. The van der Waals surface area contributed by atoms with Crippen molar-refractivity contribution in [3.05, 3.63) is 51.2 Å². The second kappa shape index (κ2) is 7.59. The van der Waals surface area contributed by atoms with Gasteiger partial charge < -0.3 is 10.6 Å². The summed E-state index contributed by atoms with van der Waals surface area (Å²) in [6.07, 6.45) is 0.965. The van der Waals surface area contributed by atoms with E-state index in [1.807, 2.05) is 24.3 Å². The number of benzene rings is 1. The van der Waals surface area contributed by atoms with Crippen LogP contribution in [0.15, 0.2) is 36.4 Å². The average Bonchev–Trinajstić information content (AvgIpc) is 2.84. The van der Waals surface area contributed by atoms with E-state index in [0.29, 0.717) is 0 Å². The maximum atomic E-state index is 11.1. The Morgan fingerprint density at radius 1 is 1.33 bits per heavy atom. The van der Waals surface area contributed by atoms with Gasteiger partial charge in [-0.3, -0.25) is 4.79 Å². The Morgan fingerprint density at radius 3 is 2.81 bits per heavy atom. The fraction of sp³-hybridized carbons (Fsp3) is 0.312. The van der Waals surface area contributed by atoms with Crippen LogP contribution in [-0.2, 0) is 11.2 Å². The molecule has 112 valence electrons. The fourth-order valence-electron chi connectivity index (χ4n) is 2.10. The van der Waals surface area contributed by atoms with Crippen LogP contribution in [0.2, 0.25) is 4.34 Å². The third kappa shape index (κ3) is 5.16. The molecule has 0 aliphatic carbocycles. The van der Waals surface area contributed by atoms with Crippen LogP contribution >= 0.6 is 22.9 Å². The van der Waals surface area contributed by atoms with E-state index in [1.165, 1.54) is 11.8 Å². The topological polar surface area (TPSA) is 41.1 Å².